The van der Waals surface area contributed by atoms with Crippen molar-refractivity contribution in [3.63, 3.8) is 0 Å². The zero-order valence-corrected chi connectivity index (χ0v) is 29.1. The van der Waals surface area contributed by atoms with Gasteiger partial charge in [-0.2, -0.15) is 0 Å². The van der Waals surface area contributed by atoms with Crippen LogP contribution in [0.25, 0.3) is 0 Å². The van der Waals surface area contributed by atoms with Gasteiger partial charge in [0.2, 0.25) is 0 Å². The van der Waals surface area contributed by atoms with Crippen molar-refractivity contribution in [1.82, 2.24) is 9.80 Å². The van der Waals surface area contributed by atoms with Crippen molar-refractivity contribution in [2.45, 2.75) is 56.8 Å². The van der Waals surface area contributed by atoms with Gasteiger partial charge in [0, 0.05) is 31.4 Å². The Morgan fingerprint density at radius 2 is 1.43 bits per heavy atom. The van der Waals surface area contributed by atoms with Crippen LogP contribution in [0.4, 0.5) is 0 Å². The predicted octanol–water partition coefficient (Wildman–Crippen LogP) is 7.16. The van der Waals surface area contributed by atoms with Gasteiger partial charge in [-0.3, -0.25) is 9.59 Å². The summed E-state index contributed by atoms with van der Waals surface area (Å²) in [4.78, 5) is 28.5. The lowest BCUT2D eigenvalue weighted by atomic mass is 9.63. The van der Waals surface area contributed by atoms with E-state index in [9.17, 15) is 9.59 Å². The molecule has 47 heavy (non-hydrogen) atoms. The summed E-state index contributed by atoms with van der Waals surface area (Å²) in [7, 11) is 6.46. The molecule has 0 bridgehead atoms. The average molecular weight is 638 g/mol. The standard InChI is InChI=1S/C41H57N4O2/c1-34(42)41(36-21-10-8-11-22-36,37-23-12-9-13-24-37)38-26-29-44(32-38)28-16-6-5-7-18-30-45(3,4)31-19-17-27-43(2)40(47)39-25-15-14-20-35(39)33-46/h8-15,20-25,33,38H,1,5-7,16-19,26-32,42H2,2-4H3/q+1. The van der Waals surface area contributed by atoms with Crippen LogP contribution in [0.1, 0.15) is 83.2 Å². The Morgan fingerprint density at radius 3 is 2.04 bits per heavy atom. The molecule has 6 heteroatoms. The first kappa shape index (κ1) is 36.1. The van der Waals surface area contributed by atoms with E-state index in [2.05, 4.69) is 86.2 Å². The Balaban J connectivity index is 1.13. The van der Waals surface area contributed by atoms with Crippen molar-refractivity contribution >= 4 is 12.2 Å². The molecule has 1 heterocycles. The van der Waals surface area contributed by atoms with Crippen LogP contribution in [0.3, 0.4) is 0 Å². The van der Waals surface area contributed by atoms with Crippen LogP contribution in [0.5, 0.6) is 0 Å². The largest absolute Gasteiger partial charge is 0.401 e. The monoisotopic (exact) mass is 637 g/mol. The van der Waals surface area contributed by atoms with Crippen molar-refractivity contribution in [2.75, 3.05) is 60.4 Å². The van der Waals surface area contributed by atoms with E-state index in [-0.39, 0.29) is 11.3 Å². The zero-order valence-electron chi connectivity index (χ0n) is 29.1. The normalized spacial score (nSPS) is 15.4. The minimum atomic E-state index is -0.376. The highest BCUT2D eigenvalue weighted by molar-refractivity contribution is 6.01. The second kappa shape index (κ2) is 17.4. The maximum atomic E-state index is 12.8. The van der Waals surface area contributed by atoms with Gasteiger partial charge < -0.3 is 20.0 Å². The van der Waals surface area contributed by atoms with Gasteiger partial charge in [0.05, 0.1) is 38.2 Å². The average Bonchev–Trinajstić information content (AvgIpc) is 3.55. The summed E-state index contributed by atoms with van der Waals surface area (Å²) < 4.78 is 1.01. The topological polar surface area (TPSA) is 66.6 Å². The molecule has 1 aliphatic heterocycles. The number of nitrogens with two attached hydrogens (primary N) is 1. The lowest BCUT2D eigenvalue weighted by Crippen LogP contribution is -2.42. The quantitative estimate of drug-likeness (QED) is 0.0861. The molecule has 0 aliphatic carbocycles. The molecule has 2 N–H and O–H groups in total. The molecule has 6 nitrogen and oxygen atoms in total. The van der Waals surface area contributed by atoms with Crippen molar-refractivity contribution in [2.24, 2.45) is 11.7 Å². The number of allylic oxidation sites excluding steroid dienone is 1. The number of benzene rings is 3. The molecule has 1 fully saturated rings. The first-order valence-corrected chi connectivity index (χ1v) is 17.6. The fourth-order valence-electron chi connectivity index (χ4n) is 7.57. The molecule has 1 aliphatic rings. The SMILES string of the molecule is C=C(N)C(c1ccccc1)(c1ccccc1)C1CCN(CCCCCCC[N+](C)(C)CCCCN(C)C(=O)c2ccccc2C=O)C1. The smallest absolute Gasteiger partial charge is 0.254 e. The number of carbonyl (C=O) groups is 2. The molecule has 3 aromatic carbocycles. The van der Waals surface area contributed by atoms with E-state index < -0.39 is 0 Å². The fourth-order valence-corrected chi connectivity index (χ4v) is 7.57. The van der Waals surface area contributed by atoms with Gasteiger partial charge in [0.25, 0.3) is 5.91 Å². The summed E-state index contributed by atoms with van der Waals surface area (Å²) in [6.07, 6.45) is 10.2. The number of carbonyl (C=O) groups excluding carboxylic acids is 2. The van der Waals surface area contributed by atoms with Crippen molar-refractivity contribution in [3.8, 4) is 0 Å². The van der Waals surface area contributed by atoms with E-state index >= 15 is 0 Å². The Kier molecular flexibility index (Phi) is 13.4. The van der Waals surface area contributed by atoms with E-state index in [0.717, 1.165) is 61.9 Å². The summed E-state index contributed by atoms with van der Waals surface area (Å²) in [5, 5.41) is 0. The van der Waals surface area contributed by atoms with Gasteiger partial charge in [-0.15, -0.1) is 0 Å². The molecular formula is C41H57N4O2+. The highest BCUT2D eigenvalue weighted by atomic mass is 16.2. The molecule has 1 saturated heterocycles. The fraction of sp³-hybridized carbons (Fsp3) is 0.463. The maximum Gasteiger partial charge on any atom is 0.254 e. The Morgan fingerprint density at radius 1 is 0.872 bits per heavy atom. The van der Waals surface area contributed by atoms with Gasteiger partial charge in [0.15, 0.2) is 6.29 Å². The van der Waals surface area contributed by atoms with Crippen LogP contribution in [0.15, 0.2) is 97.2 Å². The molecule has 0 saturated carbocycles. The second-order valence-electron chi connectivity index (χ2n) is 14.1. The third-order valence-electron chi connectivity index (χ3n) is 10.3. The highest BCUT2D eigenvalue weighted by Crippen LogP contribution is 2.46. The number of hydrogen-bond acceptors (Lipinski definition) is 4. The third kappa shape index (κ3) is 9.42. The van der Waals surface area contributed by atoms with Crippen molar-refractivity contribution < 1.29 is 14.1 Å². The van der Waals surface area contributed by atoms with Crippen LogP contribution in [0, 0.1) is 5.92 Å². The number of aldehydes is 1. The van der Waals surface area contributed by atoms with Crippen LogP contribution in [-0.4, -0.2) is 86.9 Å². The molecule has 3 aromatic rings. The molecule has 252 valence electrons. The van der Waals surface area contributed by atoms with Crippen LogP contribution < -0.4 is 5.73 Å². The van der Waals surface area contributed by atoms with Gasteiger partial charge in [-0.05, 0) is 74.7 Å². The molecular weight excluding hydrogens is 580 g/mol. The number of unbranched alkanes of at least 4 members (excludes halogenated alkanes) is 5. The molecule has 0 aromatic heterocycles. The number of likely N-dealkylation sites (tertiary alicyclic amines) is 1. The number of hydrogen-bond donors (Lipinski definition) is 1. The summed E-state index contributed by atoms with van der Waals surface area (Å²) in [6, 6.07) is 28.5. The van der Waals surface area contributed by atoms with Gasteiger partial charge >= 0.3 is 0 Å². The Bertz CT molecular complexity index is 1380. The van der Waals surface area contributed by atoms with E-state index in [1.165, 1.54) is 49.8 Å². The van der Waals surface area contributed by atoms with Crippen molar-refractivity contribution in [3.05, 3.63) is 119 Å². The van der Waals surface area contributed by atoms with Crippen LogP contribution in [-0.2, 0) is 5.41 Å². The third-order valence-corrected chi connectivity index (χ3v) is 10.3. The minimum Gasteiger partial charge on any atom is -0.401 e. The van der Waals surface area contributed by atoms with E-state index in [0.29, 0.717) is 23.6 Å². The summed E-state index contributed by atoms with van der Waals surface area (Å²) in [5.74, 6) is 0.310. The van der Waals surface area contributed by atoms with E-state index in [1.807, 2.05) is 7.05 Å². The summed E-state index contributed by atoms with van der Waals surface area (Å²) in [6.45, 7) is 10.6. The first-order valence-electron chi connectivity index (χ1n) is 17.6. The summed E-state index contributed by atoms with van der Waals surface area (Å²) in [5.41, 5.74) is 10.5. The first-order chi connectivity index (χ1) is 22.7. The molecule has 4 rings (SSSR count). The predicted molar refractivity (Wildman–Crippen MR) is 194 cm³/mol. The Labute approximate surface area is 283 Å². The second-order valence-corrected chi connectivity index (χ2v) is 14.1. The van der Waals surface area contributed by atoms with E-state index in [1.54, 1.807) is 29.2 Å². The number of amides is 1. The lowest BCUT2D eigenvalue weighted by molar-refractivity contribution is -0.890. The van der Waals surface area contributed by atoms with Crippen LogP contribution >= 0.6 is 0 Å². The molecule has 1 unspecified atom stereocenters. The van der Waals surface area contributed by atoms with E-state index in [4.69, 9.17) is 5.73 Å². The van der Waals surface area contributed by atoms with Gasteiger partial charge in [-0.25, -0.2) is 0 Å². The minimum absolute atomic E-state index is 0.0834. The molecule has 1 amide bonds. The van der Waals surface area contributed by atoms with Crippen LogP contribution in [0.2, 0.25) is 0 Å². The number of nitrogens with zero attached hydrogens (tertiary/aromatic N) is 3. The number of rotatable bonds is 19. The maximum absolute atomic E-state index is 12.8. The molecule has 1 atom stereocenters. The molecule has 0 radical (unpaired) electrons. The highest BCUT2D eigenvalue weighted by Gasteiger charge is 2.46. The lowest BCUT2D eigenvalue weighted by Gasteiger charge is -2.41. The van der Waals surface area contributed by atoms with Crippen molar-refractivity contribution in [1.29, 1.82) is 0 Å². The summed E-state index contributed by atoms with van der Waals surface area (Å²) >= 11 is 0. The number of quaternary nitrogens is 1. The Hall–Kier alpha value is -3.74. The molecule has 0 spiro atoms. The zero-order chi connectivity index (χ0) is 33.7. The van der Waals surface area contributed by atoms with Gasteiger partial charge in [-0.1, -0.05) is 98.3 Å². The van der Waals surface area contributed by atoms with Gasteiger partial charge in [0.1, 0.15) is 0 Å².